The number of piperidine rings is 1. The van der Waals surface area contributed by atoms with Crippen molar-refractivity contribution in [2.24, 2.45) is 5.92 Å². The van der Waals surface area contributed by atoms with Crippen LogP contribution >= 0.6 is 0 Å². The summed E-state index contributed by atoms with van der Waals surface area (Å²) in [5.41, 5.74) is 5.67. The van der Waals surface area contributed by atoms with Crippen molar-refractivity contribution in [1.82, 2.24) is 4.90 Å². The third-order valence-corrected chi connectivity index (χ3v) is 7.60. The number of fused-ring (bicyclic) bond motifs is 1. The number of allylic oxidation sites excluding steroid dienone is 1. The second-order valence-electron chi connectivity index (χ2n) is 10.5. The Bertz CT molecular complexity index is 1270. The standard InChI is InChI=1S/C32H35NO5/c34-26-11-6-23(7-12-26)31(32(22-4-5-22)25-10-15-29-30(18-25)38-21-37-29)24-8-13-28(14-9-24)36-20-27(35)19-33-16-2-1-3-17-33/h6-15,18,22,27,34-35H,1-5,16-17,19-21H2/b32-31+. The van der Waals surface area contributed by atoms with Crippen LogP contribution in [0.15, 0.2) is 66.7 Å². The normalized spacial score (nSPS) is 18.7. The van der Waals surface area contributed by atoms with E-state index in [0.29, 0.717) is 12.5 Å². The van der Waals surface area contributed by atoms with Gasteiger partial charge in [-0.05, 0) is 109 Å². The van der Waals surface area contributed by atoms with Crippen LogP contribution in [-0.2, 0) is 0 Å². The number of benzene rings is 3. The average Bonchev–Trinajstić information content (AvgIpc) is 3.67. The predicted octanol–water partition coefficient (Wildman–Crippen LogP) is 5.72. The number of hydrogen-bond acceptors (Lipinski definition) is 6. The predicted molar refractivity (Wildman–Crippen MR) is 148 cm³/mol. The molecular weight excluding hydrogens is 478 g/mol. The summed E-state index contributed by atoms with van der Waals surface area (Å²) >= 11 is 0. The lowest BCUT2D eigenvalue weighted by Gasteiger charge is -2.28. The average molecular weight is 514 g/mol. The quantitative estimate of drug-likeness (QED) is 0.357. The number of ether oxygens (including phenoxy) is 3. The second kappa shape index (κ2) is 11.1. The molecule has 2 heterocycles. The Balaban J connectivity index is 1.28. The van der Waals surface area contributed by atoms with Gasteiger partial charge in [-0.2, -0.15) is 0 Å². The van der Waals surface area contributed by atoms with E-state index in [-0.39, 0.29) is 19.1 Å². The summed E-state index contributed by atoms with van der Waals surface area (Å²) < 4.78 is 17.2. The molecule has 1 saturated carbocycles. The van der Waals surface area contributed by atoms with E-state index in [1.807, 2.05) is 30.3 Å². The van der Waals surface area contributed by atoms with Gasteiger partial charge in [0.1, 0.15) is 24.2 Å². The van der Waals surface area contributed by atoms with Gasteiger partial charge >= 0.3 is 0 Å². The van der Waals surface area contributed by atoms with Crippen molar-refractivity contribution in [2.75, 3.05) is 33.0 Å². The molecule has 0 amide bonds. The smallest absolute Gasteiger partial charge is 0.231 e. The van der Waals surface area contributed by atoms with Crippen molar-refractivity contribution >= 4 is 11.1 Å². The van der Waals surface area contributed by atoms with Crippen molar-refractivity contribution in [3.05, 3.63) is 83.4 Å². The molecule has 1 unspecified atom stereocenters. The Hall–Kier alpha value is -3.48. The van der Waals surface area contributed by atoms with Gasteiger partial charge in [0.15, 0.2) is 11.5 Å². The van der Waals surface area contributed by atoms with E-state index < -0.39 is 6.10 Å². The molecule has 0 spiro atoms. The lowest BCUT2D eigenvalue weighted by molar-refractivity contribution is 0.0617. The van der Waals surface area contributed by atoms with Gasteiger partial charge in [-0.15, -0.1) is 0 Å². The topological polar surface area (TPSA) is 71.4 Å². The number of aliphatic hydroxyl groups is 1. The molecule has 3 aliphatic rings. The van der Waals surface area contributed by atoms with Crippen LogP contribution in [0.1, 0.15) is 48.8 Å². The number of phenolic OH excluding ortho intramolecular Hbond substituents is 1. The van der Waals surface area contributed by atoms with Crippen LogP contribution in [0.4, 0.5) is 0 Å². The van der Waals surface area contributed by atoms with Crippen LogP contribution in [0.2, 0.25) is 0 Å². The first-order valence-electron chi connectivity index (χ1n) is 13.7. The van der Waals surface area contributed by atoms with E-state index in [1.165, 1.54) is 24.8 Å². The van der Waals surface area contributed by atoms with Gasteiger partial charge in [-0.1, -0.05) is 36.8 Å². The molecule has 1 aliphatic carbocycles. The maximum atomic E-state index is 10.5. The molecule has 198 valence electrons. The fourth-order valence-corrected chi connectivity index (χ4v) is 5.53. The number of aliphatic hydroxyl groups excluding tert-OH is 1. The Morgan fingerprint density at radius 3 is 2.21 bits per heavy atom. The second-order valence-corrected chi connectivity index (χ2v) is 10.5. The zero-order valence-corrected chi connectivity index (χ0v) is 21.6. The van der Waals surface area contributed by atoms with E-state index in [1.54, 1.807) is 12.1 Å². The molecule has 0 bridgehead atoms. The van der Waals surface area contributed by atoms with Gasteiger partial charge in [0.05, 0.1) is 0 Å². The van der Waals surface area contributed by atoms with Crippen molar-refractivity contribution in [2.45, 2.75) is 38.2 Å². The highest BCUT2D eigenvalue weighted by Gasteiger charge is 2.31. The number of hydrogen-bond donors (Lipinski definition) is 2. The van der Waals surface area contributed by atoms with Gasteiger partial charge in [0.2, 0.25) is 6.79 Å². The van der Waals surface area contributed by atoms with Crippen LogP contribution in [0.3, 0.4) is 0 Å². The summed E-state index contributed by atoms with van der Waals surface area (Å²) in [5.74, 6) is 3.00. The maximum Gasteiger partial charge on any atom is 0.231 e. The Kier molecular flexibility index (Phi) is 7.25. The van der Waals surface area contributed by atoms with Crippen LogP contribution < -0.4 is 14.2 Å². The van der Waals surface area contributed by atoms with Crippen LogP contribution in [-0.4, -0.2) is 54.3 Å². The number of nitrogens with zero attached hydrogens (tertiary/aromatic N) is 1. The molecule has 2 N–H and O–H groups in total. The summed E-state index contributed by atoms with van der Waals surface area (Å²) in [6.07, 6.45) is 5.48. The highest BCUT2D eigenvalue weighted by atomic mass is 16.7. The summed E-state index contributed by atoms with van der Waals surface area (Å²) in [7, 11) is 0. The molecule has 3 aromatic carbocycles. The van der Waals surface area contributed by atoms with Crippen LogP contribution in [0, 0.1) is 5.92 Å². The minimum atomic E-state index is -0.507. The first-order valence-corrected chi connectivity index (χ1v) is 13.7. The minimum absolute atomic E-state index is 0.246. The van der Waals surface area contributed by atoms with Crippen molar-refractivity contribution in [3.63, 3.8) is 0 Å². The largest absolute Gasteiger partial charge is 0.508 e. The summed E-state index contributed by atoms with van der Waals surface area (Å²) in [6, 6.07) is 21.7. The van der Waals surface area contributed by atoms with Crippen molar-refractivity contribution in [1.29, 1.82) is 0 Å². The lowest BCUT2D eigenvalue weighted by atomic mass is 9.87. The molecule has 6 heteroatoms. The molecule has 6 rings (SSSR count). The fourth-order valence-electron chi connectivity index (χ4n) is 5.53. The van der Waals surface area contributed by atoms with E-state index in [0.717, 1.165) is 65.4 Å². The van der Waals surface area contributed by atoms with E-state index in [9.17, 15) is 10.2 Å². The number of phenols is 1. The Labute approximate surface area is 224 Å². The lowest BCUT2D eigenvalue weighted by Crippen LogP contribution is -2.38. The zero-order chi connectivity index (χ0) is 25.9. The first-order chi connectivity index (χ1) is 18.6. The summed E-state index contributed by atoms with van der Waals surface area (Å²) in [4.78, 5) is 2.32. The first kappa shape index (κ1) is 24.8. The number of likely N-dealkylation sites (tertiary alicyclic amines) is 1. The molecule has 1 saturated heterocycles. The molecule has 1 atom stereocenters. The van der Waals surface area contributed by atoms with E-state index >= 15 is 0 Å². The molecule has 3 aromatic rings. The highest BCUT2D eigenvalue weighted by molar-refractivity contribution is 6.00. The molecule has 0 radical (unpaired) electrons. The third kappa shape index (κ3) is 5.66. The van der Waals surface area contributed by atoms with Gasteiger partial charge in [0, 0.05) is 6.54 Å². The van der Waals surface area contributed by atoms with Crippen molar-refractivity contribution < 1.29 is 24.4 Å². The molecule has 2 fully saturated rings. The molecule has 2 aliphatic heterocycles. The van der Waals surface area contributed by atoms with Gasteiger partial charge < -0.3 is 29.3 Å². The van der Waals surface area contributed by atoms with Crippen molar-refractivity contribution in [3.8, 4) is 23.0 Å². The van der Waals surface area contributed by atoms with Gasteiger partial charge in [0.25, 0.3) is 0 Å². The minimum Gasteiger partial charge on any atom is -0.508 e. The monoisotopic (exact) mass is 513 g/mol. The van der Waals surface area contributed by atoms with E-state index in [4.69, 9.17) is 14.2 Å². The third-order valence-electron chi connectivity index (χ3n) is 7.60. The molecule has 0 aromatic heterocycles. The Morgan fingerprint density at radius 2 is 1.50 bits per heavy atom. The number of rotatable bonds is 9. The number of β-amino-alcohol motifs (C(OH)–C–C–N with tert-alkyl or cyclic N) is 1. The SMILES string of the molecule is Oc1ccc(/C(=C(\c2ccc3c(c2)OCO3)C2CC2)c2ccc(OCC(O)CN3CCCCC3)cc2)cc1. The fraction of sp³-hybridized carbons (Fsp3) is 0.375. The zero-order valence-electron chi connectivity index (χ0n) is 21.6. The summed E-state index contributed by atoms with van der Waals surface area (Å²) in [5, 5.41) is 20.4. The van der Waals surface area contributed by atoms with Crippen LogP contribution in [0.5, 0.6) is 23.0 Å². The molecular formula is C32H35NO5. The Morgan fingerprint density at radius 1 is 0.842 bits per heavy atom. The number of aromatic hydroxyl groups is 1. The van der Waals surface area contributed by atoms with Gasteiger partial charge in [-0.25, -0.2) is 0 Å². The molecule has 6 nitrogen and oxygen atoms in total. The van der Waals surface area contributed by atoms with Crippen LogP contribution in [0.25, 0.3) is 11.1 Å². The van der Waals surface area contributed by atoms with Gasteiger partial charge in [-0.3, -0.25) is 0 Å². The molecule has 38 heavy (non-hydrogen) atoms. The maximum absolute atomic E-state index is 10.5. The van der Waals surface area contributed by atoms with E-state index in [2.05, 4.69) is 29.2 Å². The highest BCUT2D eigenvalue weighted by Crippen LogP contribution is 2.49. The summed E-state index contributed by atoms with van der Waals surface area (Å²) in [6.45, 7) is 3.31.